The molecule has 4 N–H and O–H groups in total. The van der Waals surface area contributed by atoms with Gasteiger partial charge in [-0.2, -0.15) is 0 Å². The van der Waals surface area contributed by atoms with Crippen LogP contribution in [0.3, 0.4) is 0 Å². The van der Waals surface area contributed by atoms with E-state index in [1.54, 1.807) is 20.0 Å². The maximum atomic E-state index is 10.6. The van der Waals surface area contributed by atoms with E-state index in [9.17, 15) is 4.79 Å². The van der Waals surface area contributed by atoms with Crippen molar-refractivity contribution in [1.82, 2.24) is 0 Å². The van der Waals surface area contributed by atoms with E-state index >= 15 is 0 Å². The zero-order valence-corrected chi connectivity index (χ0v) is 9.53. The van der Waals surface area contributed by atoms with E-state index in [2.05, 4.69) is 23.1 Å². The van der Waals surface area contributed by atoms with Gasteiger partial charge in [-0.15, -0.1) is 0 Å². The van der Waals surface area contributed by atoms with Gasteiger partial charge in [0.15, 0.2) is 0 Å². The van der Waals surface area contributed by atoms with Gasteiger partial charge in [-0.1, -0.05) is 13.2 Å². The molecule has 0 rings (SSSR count). The summed E-state index contributed by atoms with van der Waals surface area (Å²) in [5.74, 6) is -0.676. The summed E-state index contributed by atoms with van der Waals surface area (Å²) in [5, 5.41) is 0. The molecule has 0 aromatic heterocycles. The Morgan fingerprint density at radius 3 is 2.25 bits per heavy atom. The third-order valence-corrected chi connectivity index (χ3v) is 1.59. The van der Waals surface area contributed by atoms with E-state index < -0.39 is 5.91 Å². The highest BCUT2D eigenvalue weighted by Gasteiger charge is 2.00. The van der Waals surface area contributed by atoms with E-state index in [1.807, 2.05) is 0 Å². The molecule has 0 aromatic rings. The second-order valence-electron chi connectivity index (χ2n) is 3.09. The van der Waals surface area contributed by atoms with Gasteiger partial charge in [0.05, 0.1) is 5.71 Å². The molecule has 16 heavy (non-hydrogen) atoms. The highest BCUT2D eigenvalue weighted by molar-refractivity contribution is 6.21. The molecular weight excluding hydrogens is 204 g/mol. The number of hydrogen-bond acceptors (Lipinski definition) is 4. The molecular formula is C11H16N4O. The fourth-order valence-corrected chi connectivity index (χ4v) is 0.802. The lowest BCUT2D eigenvalue weighted by atomic mass is 10.1. The van der Waals surface area contributed by atoms with Crippen molar-refractivity contribution in [2.24, 2.45) is 21.5 Å². The molecule has 5 heteroatoms. The summed E-state index contributed by atoms with van der Waals surface area (Å²) in [4.78, 5) is 18.4. The zero-order valence-electron chi connectivity index (χ0n) is 9.53. The van der Waals surface area contributed by atoms with E-state index in [0.29, 0.717) is 17.0 Å². The highest BCUT2D eigenvalue weighted by Crippen LogP contribution is 1.98. The summed E-state index contributed by atoms with van der Waals surface area (Å²) >= 11 is 0. The van der Waals surface area contributed by atoms with Crippen molar-refractivity contribution in [3.05, 3.63) is 36.2 Å². The molecule has 0 aromatic carbocycles. The van der Waals surface area contributed by atoms with Crippen LogP contribution in [0, 0.1) is 0 Å². The Hall–Kier alpha value is -2.17. The van der Waals surface area contributed by atoms with Crippen LogP contribution >= 0.6 is 0 Å². The molecule has 5 nitrogen and oxygen atoms in total. The monoisotopic (exact) mass is 220 g/mol. The molecule has 0 aliphatic rings. The normalized spacial score (nSPS) is 12.9. The molecule has 0 saturated heterocycles. The fourth-order valence-electron chi connectivity index (χ4n) is 0.802. The Kier molecular flexibility index (Phi) is 5.48. The quantitative estimate of drug-likeness (QED) is 0.522. The van der Waals surface area contributed by atoms with Crippen LogP contribution in [0.5, 0.6) is 0 Å². The first kappa shape index (κ1) is 13.8. The average molecular weight is 220 g/mol. The molecule has 0 radical (unpaired) electrons. The van der Waals surface area contributed by atoms with E-state index in [0.717, 1.165) is 0 Å². The molecule has 86 valence electrons. The zero-order chi connectivity index (χ0) is 12.7. The topological polar surface area (TPSA) is 93.8 Å². The lowest BCUT2D eigenvalue weighted by Crippen LogP contribution is -2.12. The largest absolute Gasteiger partial charge is 0.402 e. The first-order chi connectivity index (χ1) is 7.38. The number of amides is 1. The van der Waals surface area contributed by atoms with Gasteiger partial charge in [0.2, 0.25) is 0 Å². The lowest BCUT2D eigenvalue weighted by molar-refractivity contribution is -0.114. The third kappa shape index (κ3) is 4.90. The number of allylic oxidation sites excluding steroid dienone is 3. The van der Waals surface area contributed by atoms with Crippen molar-refractivity contribution < 1.29 is 4.79 Å². The van der Waals surface area contributed by atoms with Crippen LogP contribution in [0.2, 0.25) is 0 Å². The summed E-state index contributed by atoms with van der Waals surface area (Å²) in [5.41, 5.74) is 12.2. The van der Waals surface area contributed by atoms with Crippen LogP contribution in [0.15, 0.2) is 46.2 Å². The van der Waals surface area contributed by atoms with Crippen LogP contribution in [0.4, 0.5) is 0 Å². The fraction of sp³-hybridized carbons (Fsp3) is 0.182. The van der Waals surface area contributed by atoms with Crippen molar-refractivity contribution >= 4 is 17.8 Å². The van der Waals surface area contributed by atoms with Crippen LogP contribution < -0.4 is 11.5 Å². The first-order valence-electron chi connectivity index (χ1n) is 4.51. The molecule has 0 bridgehead atoms. The van der Waals surface area contributed by atoms with Crippen LogP contribution in [0.25, 0.3) is 0 Å². The Labute approximate surface area is 95.0 Å². The Bertz CT molecular complexity index is 398. The summed E-state index contributed by atoms with van der Waals surface area (Å²) in [6, 6.07) is 0. The number of nitrogens with two attached hydrogens (primary N) is 2. The number of primary amides is 1. The smallest absolute Gasteiger partial charge is 0.266 e. The van der Waals surface area contributed by atoms with Gasteiger partial charge in [-0.05, 0) is 13.0 Å². The maximum absolute atomic E-state index is 10.6. The summed E-state index contributed by atoms with van der Waals surface area (Å²) in [6.45, 7) is 8.85. The van der Waals surface area contributed by atoms with Crippen LogP contribution in [-0.4, -0.2) is 24.9 Å². The molecule has 0 fully saturated rings. The molecule has 0 aliphatic heterocycles. The summed E-state index contributed by atoms with van der Waals surface area (Å²) in [6.07, 6.45) is 3.02. The number of nitrogens with zero attached hydrogens (tertiary/aromatic N) is 2. The summed E-state index contributed by atoms with van der Waals surface area (Å²) in [7, 11) is 1.61. The van der Waals surface area contributed by atoms with Gasteiger partial charge >= 0.3 is 0 Å². The average Bonchev–Trinajstić information content (AvgIpc) is 2.21. The van der Waals surface area contributed by atoms with Crippen molar-refractivity contribution in [2.75, 3.05) is 7.05 Å². The molecule has 1 amide bonds. The molecule has 0 heterocycles. The highest BCUT2D eigenvalue weighted by atomic mass is 16.1. The minimum absolute atomic E-state index is 0.0370. The second-order valence-corrected chi connectivity index (χ2v) is 3.09. The third-order valence-electron chi connectivity index (χ3n) is 1.59. The standard InChI is InChI=1S/C11H16N4O/c1-7(6-15-9(3)11(13)16)10(14-4)5-8(2)12/h5-6H,1,3,12H2,2,4H3,(H2,13,16). The number of rotatable bonds is 5. The Morgan fingerprint density at radius 1 is 1.31 bits per heavy atom. The van der Waals surface area contributed by atoms with Gasteiger partial charge in [-0.25, -0.2) is 0 Å². The predicted octanol–water partition coefficient (Wildman–Crippen LogP) is 0.546. The summed E-state index contributed by atoms with van der Waals surface area (Å²) < 4.78 is 0. The predicted molar refractivity (Wildman–Crippen MR) is 67.3 cm³/mol. The second kappa shape index (κ2) is 6.34. The maximum Gasteiger partial charge on any atom is 0.266 e. The molecule has 0 aliphatic carbocycles. The van der Waals surface area contributed by atoms with Crippen LogP contribution in [-0.2, 0) is 4.79 Å². The number of hydrogen-bond donors (Lipinski definition) is 2. The van der Waals surface area contributed by atoms with Gasteiger partial charge < -0.3 is 11.5 Å². The molecule has 0 atom stereocenters. The van der Waals surface area contributed by atoms with Crippen molar-refractivity contribution in [1.29, 1.82) is 0 Å². The molecule has 0 spiro atoms. The van der Waals surface area contributed by atoms with Crippen molar-refractivity contribution in [3.8, 4) is 0 Å². The Balaban J connectivity index is 4.77. The number of aliphatic imine (C=N–C) groups is 2. The van der Waals surface area contributed by atoms with E-state index in [1.165, 1.54) is 6.21 Å². The lowest BCUT2D eigenvalue weighted by Gasteiger charge is -2.00. The SMILES string of the molecule is C=C(C=NC(=C)C(N)=O)C(C=C(C)N)=NC. The molecule has 0 unspecified atom stereocenters. The Morgan fingerprint density at radius 2 is 1.88 bits per heavy atom. The number of carbonyl (C=O) groups excluding carboxylic acids is 1. The minimum Gasteiger partial charge on any atom is -0.402 e. The van der Waals surface area contributed by atoms with Gasteiger partial charge in [-0.3, -0.25) is 14.8 Å². The van der Waals surface area contributed by atoms with Gasteiger partial charge in [0.1, 0.15) is 5.70 Å². The van der Waals surface area contributed by atoms with E-state index in [-0.39, 0.29) is 5.70 Å². The van der Waals surface area contributed by atoms with Crippen molar-refractivity contribution in [3.63, 3.8) is 0 Å². The van der Waals surface area contributed by atoms with Gasteiger partial charge in [0.25, 0.3) is 5.91 Å². The van der Waals surface area contributed by atoms with Crippen molar-refractivity contribution in [2.45, 2.75) is 6.92 Å². The molecule has 0 saturated carbocycles. The van der Waals surface area contributed by atoms with Gasteiger partial charge in [0, 0.05) is 24.5 Å². The first-order valence-corrected chi connectivity index (χ1v) is 4.51. The minimum atomic E-state index is -0.676. The number of carbonyl (C=O) groups is 1. The van der Waals surface area contributed by atoms with Crippen LogP contribution in [0.1, 0.15) is 6.92 Å². The van der Waals surface area contributed by atoms with E-state index in [4.69, 9.17) is 11.5 Å².